The lowest BCUT2D eigenvalue weighted by molar-refractivity contribution is -0.142. The van der Waals surface area contributed by atoms with Gasteiger partial charge in [-0.15, -0.1) is 0 Å². The fourth-order valence-electron chi connectivity index (χ4n) is 4.53. The Morgan fingerprint density at radius 2 is 1.74 bits per heavy atom. The zero-order valence-electron chi connectivity index (χ0n) is 11.9. The van der Waals surface area contributed by atoms with Gasteiger partial charge in [0.25, 0.3) is 0 Å². The molecule has 0 bridgehead atoms. The maximum Gasteiger partial charge on any atom is 0.225 e. The summed E-state index contributed by atoms with van der Waals surface area (Å²) in [6.07, 6.45) is 11.7. The van der Waals surface area contributed by atoms with Gasteiger partial charge in [0.1, 0.15) is 0 Å². The first-order valence-electron chi connectivity index (χ1n) is 8.20. The van der Waals surface area contributed by atoms with Crippen molar-refractivity contribution < 1.29 is 9.90 Å². The molecule has 1 N–H and O–H groups in total. The van der Waals surface area contributed by atoms with Gasteiger partial charge in [0.15, 0.2) is 0 Å². The van der Waals surface area contributed by atoms with Crippen molar-refractivity contribution in [2.75, 3.05) is 6.54 Å². The van der Waals surface area contributed by atoms with Crippen LogP contribution in [-0.4, -0.2) is 34.1 Å². The zero-order chi connectivity index (χ0) is 13.3. The Balaban J connectivity index is 1.64. The van der Waals surface area contributed by atoms with Gasteiger partial charge in [0.05, 0.1) is 12.0 Å². The number of rotatable bonds is 2. The molecule has 108 valence electrons. The maximum atomic E-state index is 12.6. The Morgan fingerprint density at radius 3 is 2.53 bits per heavy atom. The van der Waals surface area contributed by atoms with Crippen LogP contribution in [0.3, 0.4) is 0 Å². The van der Waals surface area contributed by atoms with Crippen LogP contribution in [0.5, 0.6) is 0 Å². The molecule has 0 spiro atoms. The van der Waals surface area contributed by atoms with Gasteiger partial charge in [-0.05, 0) is 44.4 Å². The number of hydrogen-bond donors (Lipinski definition) is 1. The molecule has 19 heavy (non-hydrogen) atoms. The molecule has 3 heteroatoms. The number of nitrogens with zero attached hydrogens (tertiary/aromatic N) is 1. The van der Waals surface area contributed by atoms with E-state index in [4.69, 9.17) is 0 Å². The van der Waals surface area contributed by atoms with Crippen molar-refractivity contribution in [2.24, 2.45) is 5.92 Å². The van der Waals surface area contributed by atoms with E-state index in [-0.39, 0.29) is 5.91 Å². The van der Waals surface area contributed by atoms with Crippen molar-refractivity contribution in [1.29, 1.82) is 0 Å². The fraction of sp³-hybridized carbons (Fsp3) is 0.938. The average Bonchev–Trinajstić information content (AvgIpc) is 2.84. The van der Waals surface area contributed by atoms with E-state index < -0.39 is 5.60 Å². The molecular weight excluding hydrogens is 238 g/mol. The number of carbonyl (C=O) groups excluding carboxylic acids is 1. The van der Waals surface area contributed by atoms with Gasteiger partial charge in [-0.1, -0.05) is 25.7 Å². The van der Waals surface area contributed by atoms with Crippen molar-refractivity contribution in [3.05, 3.63) is 0 Å². The number of carbonyl (C=O) groups is 1. The third-order valence-electron chi connectivity index (χ3n) is 5.58. The molecular formula is C16H27NO2. The van der Waals surface area contributed by atoms with E-state index in [0.717, 1.165) is 44.6 Å². The van der Waals surface area contributed by atoms with Crippen LogP contribution in [0.2, 0.25) is 0 Å². The number of fused-ring (bicyclic) bond motifs is 1. The molecule has 0 aromatic carbocycles. The molecule has 2 aliphatic carbocycles. The van der Waals surface area contributed by atoms with Crippen LogP contribution in [0.25, 0.3) is 0 Å². The first-order chi connectivity index (χ1) is 9.18. The number of hydrogen-bond acceptors (Lipinski definition) is 2. The summed E-state index contributed by atoms with van der Waals surface area (Å²) < 4.78 is 0. The number of amides is 1. The van der Waals surface area contributed by atoms with Gasteiger partial charge in [-0.3, -0.25) is 4.79 Å². The van der Waals surface area contributed by atoms with Crippen LogP contribution in [0.1, 0.15) is 70.6 Å². The van der Waals surface area contributed by atoms with Crippen molar-refractivity contribution in [1.82, 2.24) is 4.90 Å². The quantitative estimate of drug-likeness (QED) is 0.834. The van der Waals surface area contributed by atoms with Crippen LogP contribution in [0.4, 0.5) is 0 Å². The number of piperidine rings is 1. The highest BCUT2D eigenvalue weighted by molar-refractivity contribution is 5.77. The third kappa shape index (κ3) is 2.81. The molecule has 0 radical (unpaired) electrons. The van der Waals surface area contributed by atoms with Gasteiger partial charge in [0.2, 0.25) is 5.91 Å². The molecule has 3 aliphatic rings. The van der Waals surface area contributed by atoms with Gasteiger partial charge in [-0.25, -0.2) is 0 Å². The minimum Gasteiger partial charge on any atom is -0.389 e. The predicted octanol–water partition coefficient (Wildman–Crippen LogP) is 2.86. The van der Waals surface area contributed by atoms with Gasteiger partial charge < -0.3 is 10.0 Å². The molecule has 0 aromatic heterocycles. The van der Waals surface area contributed by atoms with Gasteiger partial charge in [-0.2, -0.15) is 0 Å². The van der Waals surface area contributed by atoms with Crippen molar-refractivity contribution >= 4 is 5.91 Å². The second kappa shape index (κ2) is 5.43. The molecule has 2 saturated carbocycles. The molecule has 0 aromatic rings. The molecule has 1 heterocycles. The molecule has 3 rings (SSSR count). The van der Waals surface area contributed by atoms with Crippen molar-refractivity contribution in [3.63, 3.8) is 0 Å². The summed E-state index contributed by atoms with van der Waals surface area (Å²) in [5, 5.41) is 10.4. The van der Waals surface area contributed by atoms with Crippen LogP contribution in [0.15, 0.2) is 0 Å². The van der Waals surface area contributed by atoms with Gasteiger partial charge in [0, 0.05) is 12.6 Å². The smallest absolute Gasteiger partial charge is 0.225 e. The Kier molecular flexibility index (Phi) is 3.84. The summed E-state index contributed by atoms with van der Waals surface area (Å²) >= 11 is 0. The van der Waals surface area contributed by atoms with E-state index in [9.17, 15) is 9.90 Å². The van der Waals surface area contributed by atoms with E-state index in [0.29, 0.717) is 12.5 Å². The second-order valence-electron chi connectivity index (χ2n) is 6.95. The lowest BCUT2D eigenvalue weighted by atomic mass is 9.78. The van der Waals surface area contributed by atoms with Gasteiger partial charge >= 0.3 is 0 Å². The first-order valence-corrected chi connectivity index (χ1v) is 8.20. The summed E-state index contributed by atoms with van der Waals surface area (Å²) in [7, 11) is 0. The number of likely N-dealkylation sites (tertiary alicyclic amines) is 1. The first kappa shape index (κ1) is 13.4. The van der Waals surface area contributed by atoms with E-state index in [1.807, 2.05) is 0 Å². The lowest BCUT2D eigenvalue weighted by Crippen LogP contribution is -2.51. The highest BCUT2D eigenvalue weighted by Gasteiger charge is 2.39. The molecule has 1 aliphatic heterocycles. The fourth-order valence-corrected chi connectivity index (χ4v) is 4.53. The summed E-state index contributed by atoms with van der Waals surface area (Å²) in [4.78, 5) is 14.7. The lowest BCUT2D eigenvalue weighted by Gasteiger charge is -2.45. The van der Waals surface area contributed by atoms with Crippen LogP contribution in [-0.2, 0) is 4.79 Å². The van der Waals surface area contributed by atoms with E-state index >= 15 is 0 Å². The Bertz CT molecular complexity index is 334. The van der Waals surface area contributed by atoms with Crippen LogP contribution < -0.4 is 0 Å². The van der Waals surface area contributed by atoms with Crippen LogP contribution in [0, 0.1) is 5.92 Å². The average molecular weight is 265 g/mol. The topological polar surface area (TPSA) is 40.5 Å². The highest BCUT2D eigenvalue weighted by atomic mass is 16.3. The molecule has 1 saturated heterocycles. The van der Waals surface area contributed by atoms with Crippen molar-refractivity contribution in [2.45, 2.75) is 82.3 Å². The van der Waals surface area contributed by atoms with Crippen molar-refractivity contribution in [3.8, 4) is 0 Å². The number of aliphatic hydroxyl groups is 1. The van der Waals surface area contributed by atoms with E-state index in [1.54, 1.807) is 0 Å². The summed E-state index contributed by atoms with van der Waals surface area (Å²) in [5.74, 6) is 0.964. The second-order valence-corrected chi connectivity index (χ2v) is 6.95. The molecule has 3 fully saturated rings. The largest absolute Gasteiger partial charge is 0.389 e. The summed E-state index contributed by atoms with van der Waals surface area (Å²) in [5.41, 5.74) is -0.682. The highest BCUT2D eigenvalue weighted by Crippen LogP contribution is 2.38. The summed E-state index contributed by atoms with van der Waals surface area (Å²) in [6.45, 7) is 0.927. The van der Waals surface area contributed by atoms with Crippen LogP contribution >= 0.6 is 0 Å². The third-order valence-corrected chi connectivity index (χ3v) is 5.58. The molecule has 0 unspecified atom stereocenters. The van der Waals surface area contributed by atoms with E-state index in [1.165, 1.54) is 32.1 Å². The minimum absolute atomic E-state index is 0.223. The molecule has 3 nitrogen and oxygen atoms in total. The Hall–Kier alpha value is -0.570. The predicted molar refractivity (Wildman–Crippen MR) is 74.7 cm³/mol. The normalized spacial score (nSPS) is 34.1. The standard InChI is InChI=1S/C16H27NO2/c18-15(12-16(19)9-3-4-10-16)17-11-5-7-13-6-1-2-8-14(13)17/h13-14,19H,1-12H2/t13-,14-/m1/s1. The minimum atomic E-state index is -0.682. The summed E-state index contributed by atoms with van der Waals surface area (Å²) in [6, 6.07) is 0.486. The van der Waals surface area contributed by atoms with E-state index in [2.05, 4.69) is 4.90 Å². The molecule has 2 atom stereocenters. The SMILES string of the molecule is O=C(CC1(O)CCCC1)N1CCC[C@H]2CCCC[C@H]21. The Morgan fingerprint density at radius 1 is 1.05 bits per heavy atom. The Labute approximate surface area is 116 Å². The molecule has 1 amide bonds. The maximum absolute atomic E-state index is 12.6. The zero-order valence-corrected chi connectivity index (χ0v) is 11.9. The monoisotopic (exact) mass is 265 g/mol.